The molecule has 0 saturated heterocycles. The lowest BCUT2D eigenvalue weighted by Gasteiger charge is -2.33. The molecule has 2 heterocycles. The fraction of sp³-hybridized carbons (Fsp3) is 0.500. The van der Waals surface area contributed by atoms with Crippen molar-refractivity contribution in [2.24, 2.45) is 0 Å². The summed E-state index contributed by atoms with van der Waals surface area (Å²) in [6.45, 7) is 2.36. The van der Waals surface area contributed by atoms with Crippen molar-refractivity contribution >= 4 is 5.65 Å². The zero-order valence-corrected chi connectivity index (χ0v) is 11.9. The molecule has 2 aromatic heterocycles. The van der Waals surface area contributed by atoms with Crippen LogP contribution in [0.4, 0.5) is 39.5 Å². The SMILES string of the molecule is Cc1cc(C(F)(F)C(F)(F)C(F)(F)C(F)(F)F)n2nc(C)cc2n1. The minimum absolute atomic E-state index is 0.0241. The van der Waals surface area contributed by atoms with E-state index >= 15 is 0 Å². The summed E-state index contributed by atoms with van der Waals surface area (Å²) < 4.78 is 118. The second kappa shape index (κ2) is 4.99. The molecule has 0 saturated carbocycles. The van der Waals surface area contributed by atoms with Crippen LogP contribution in [0.15, 0.2) is 12.1 Å². The van der Waals surface area contributed by atoms with E-state index in [1.54, 1.807) is 0 Å². The Labute approximate surface area is 128 Å². The normalized spacial score (nSPS) is 14.5. The third-order valence-corrected chi connectivity index (χ3v) is 3.14. The Balaban J connectivity index is 2.75. The fourth-order valence-electron chi connectivity index (χ4n) is 1.97. The summed E-state index contributed by atoms with van der Waals surface area (Å²) in [4.78, 5) is 3.68. The molecule has 24 heavy (non-hydrogen) atoms. The Kier molecular flexibility index (Phi) is 3.81. The van der Waals surface area contributed by atoms with Crippen molar-refractivity contribution in [3.8, 4) is 0 Å². The molecule has 3 nitrogen and oxygen atoms in total. The van der Waals surface area contributed by atoms with Crippen LogP contribution in [0.1, 0.15) is 17.1 Å². The molecule has 0 bridgehead atoms. The zero-order chi connectivity index (χ0) is 18.7. The predicted octanol–water partition coefficient (Wildman–Crippen LogP) is 4.27. The van der Waals surface area contributed by atoms with E-state index in [2.05, 4.69) is 10.1 Å². The number of fused-ring (bicyclic) bond motifs is 1. The molecule has 0 aliphatic heterocycles. The van der Waals surface area contributed by atoms with Gasteiger partial charge in [-0.3, -0.25) is 0 Å². The first-order valence-corrected chi connectivity index (χ1v) is 6.17. The van der Waals surface area contributed by atoms with Crippen LogP contribution in [-0.2, 0) is 5.92 Å². The van der Waals surface area contributed by atoms with Gasteiger partial charge in [0.1, 0.15) is 5.69 Å². The maximum atomic E-state index is 14.1. The van der Waals surface area contributed by atoms with Crippen molar-refractivity contribution in [2.75, 3.05) is 0 Å². The van der Waals surface area contributed by atoms with Crippen molar-refractivity contribution in [1.82, 2.24) is 14.6 Å². The van der Waals surface area contributed by atoms with Crippen LogP contribution in [0.2, 0.25) is 0 Å². The van der Waals surface area contributed by atoms with E-state index in [4.69, 9.17) is 0 Å². The first kappa shape index (κ1) is 18.3. The lowest BCUT2D eigenvalue weighted by Crippen LogP contribution is -2.60. The van der Waals surface area contributed by atoms with E-state index in [0.29, 0.717) is 0 Å². The van der Waals surface area contributed by atoms with E-state index in [1.165, 1.54) is 6.92 Å². The van der Waals surface area contributed by atoms with Crippen LogP contribution in [0.5, 0.6) is 0 Å². The van der Waals surface area contributed by atoms with Crippen LogP contribution in [-0.4, -0.2) is 32.6 Å². The summed E-state index contributed by atoms with van der Waals surface area (Å²) in [7, 11) is 0. The van der Waals surface area contributed by atoms with Crippen LogP contribution in [0.3, 0.4) is 0 Å². The van der Waals surface area contributed by atoms with Crippen molar-refractivity contribution in [3.63, 3.8) is 0 Å². The van der Waals surface area contributed by atoms with Gasteiger partial charge < -0.3 is 0 Å². The average Bonchev–Trinajstić information content (AvgIpc) is 2.75. The highest BCUT2D eigenvalue weighted by Gasteiger charge is 2.82. The lowest BCUT2D eigenvalue weighted by molar-refractivity contribution is -0.400. The van der Waals surface area contributed by atoms with E-state index in [-0.39, 0.29) is 22.0 Å². The Morgan fingerprint density at radius 2 is 1.33 bits per heavy atom. The van der Waals surface area contributed by atoms with Crippen LogP contribution < -0.4 is 0 Å². The third kappa shape index (κ3) is 2.38. The summed E-state index contributed by atoms with van der Waals surface area (Å²) >= 11 is 0. The Bertz CT molecular complexity index is 776. The van der Waals surface area contributed by atoms with Gasteiger partial charge in [-0.1, -0.05) is 0 Å². The molecule has 2 aromatic rings. The van der Waals surface area contributed by atoms with Crippen molar-refractivity contribution in [2.45, 2.75) is 37.8 Å². The summed E-state index contributed by atoms with van der Waals surface area (Å²) in [5.41, 5.74) is -2.49. The third-order valence-electron chi connectivity index (χ3n) is 3.14. The first-order valence-electron chi connectivity index (χ1n) is 6.17. The lowest BCUT2D eigenvalue weighted by atomic mass is 10.0. The monoisotopic (exact) mass is 365 g/mol. The van der Waals surface area contributed by atoms with Gasteiger partial charge in [0.2, 0.25) is 0 Å². The highest BCUT2D eigenvalue weighted by Crippen LogP contribution is 2.56. The Morgan fingerprint density at radius 3 is 1.83 bits per heavy atom. The molecule has 134 valence electrons. The van der Waals surface area contributed by atoms with Crippen molar-refractivity contribution < 1.29 is 39.5 Å². The second-order valence-corrected chi connectivity index (χ2v) is 5.06. The van der Waals surface area contributed by atoms with Gasteiger partial charge in [-0.05, 0) is 19.9 Å². The minimum atomic E-state index is -6.96. The zero-order valence-electron chi connectivity index (χ0n) is 11.9. The minimum Gasteiger partial charge on any atom is -0.234 e. The van der Waals surface area contributed by atoms with Gasteiger partial charge in [0.25, 0.3) is 0 Å². The van der Waals surface area contributed by atoms with E-state index in [9.17, 15) is 39.5 Å². The molecule has 0 amide bonds. The summed E-state index contributed by atoms with van der Waals surface area (Å²) in [6, 6.07) is 1.35. The van der Waals surface area contributed by atoms with Crippen molar-refractivity contribution in [1.29, 1.82) is 0 Å². The highest BCUT2D eigenvalue weighted by molar-refractivity contribution is 5.42. The van der Waals surface area contributed by atoms with Gasteiger partial charge >= 0.3 is 23.9 Å². The summed E-state index contributed by atoms with van der Waals surface area (Å²) in [6.07, 6.45) is -6.87. The molecule has 2 rings (SSSR count). The molecule has 0 spiro atoms. The first-order chi connectivity index (χ1) is 10.6. The molecule has 0 aliphatic carbocycles. The molecule has 0 radical (unpaired) electrons. The Morgan fingerprint density at radius 1 is 0.792 bits per heavy atom. The maximum Gasteiger partial charge on any atom is 0.460 e. The van der Waals surface area contributed by atoms with Gasteiger partial charge in [0.15, 0.2) is 5.65 Å². The number of rotatable bonds is 3. The number of aryl methyl sites for hydroxylation is 2. The molecule has 0 aliphatic rings. The molecule has 0 N–H and O–H groups in total. The van der Waals surface area contributed by atoms with E-state index in [0.717, 1.165) is 13.0 Å². The molecule has 0 unspecified atom stereocenters. The molecule has 0 aromatic carbocycles. The quantitative estimate of drug-likeness (QED) is 0.761. The van der Waals surface area contributed by atoms with E-state index < -0.39 is 35.3 Å². The summed E-state index contributed by atoms with van der Waals surface area (Å²) in [5.74, 6) is -19.6. The average molecular weight is 365 g/mol. The second-order valence-electron chi connectivity index (χ2n) is 5.06. The van der Waals surface area contributed by atoms with Crippen LogP contribution in [0.25, 0.3) is 5.65 Å². The van der Waals surface area contributed by atoms with Gasteiger partial charge in [-0.2, -0.15) is 44.6 Å². The van der Waals surface area contributed by atoms with Gasteiger partial charge in [-0.25, -0.2) is 9.50 Å². The smallest absolute Gasteiger partial charge is 0.234 e. The number of nitrogens with zero attached hydrogens (tertiary/aromatic N) is 3. The number of halogens is 9. The Hall–Kier alpha value is -2.01. The highest BCUT2D eigenvalue weighted by atomic mass is 19.4. The maximum absolute atomic E-state index is 14.1. The largest absolute Gasteiger partial charge is 0.460 e. The fourth-order valence-corrected chi connectivity index (χ4v) is 1.97. The molecular formula is C12H8F9N3. The van der Waals surface area contributed by atoms with E-state index in [1.807, 2.05) is 0 Å². The summed E-state index contributed by atoms with van der Waals surface area (Å²) in [5, 5.41) is 3.39. The number of aromatic nitrogens is 3. The predicted molar refractivity (Wildman–Crippen MR) is 62.3 cm³/mol. The number of hydrogen-bond donors (Lipinski definition) is 0. The van der Waals surface area contributed by atoms with Crippen LogP contribution in [0, 0.1) is 13.8 Å². The molecule has 12 heteroatoms. The molecule has 0 atom stereocenters. The molecule has 0 fully saturated rings. The topological polar surface area (TPSA) is 30.2 Å². The molecular weight excluding hydrogens is 357 g/mol. The van der Waals surface area contributed by atoms with Gasteiger partial charge in [0.05, 0.1) is 5.69 Å². The number of alkyl halides is 9. The van der Waals surface area contributed by atoms with Crippen molar-refractivity contribution in [3.05, 3.63) is 29.2 Å². The van der Waals surface area contributed by atoms with Gasteiger partial charge in [-0.15, -0.1) is 0 Å². The van der Waals surface area contributed by atoms with Crippen LogP contribution >= 0.6 is 0 Å². The standard InChI is InChI=1S/C12H8F9N3/c1-5-3-7(24-8(22-5)4-6(2)23-24)9(13,14)10(15,16)11(17,18)12(19,20)21/h3-4H,1-2H3. The number of hydrogen-bond acceptors (Lipinski definition) is 2. The van der Waals surface area contributed by atoms with Gasteiger partial charge in [0, 0.05) is 11.8 Å².